The fourth-order valence-corrected chi connectivity index (χ4v) is 1.99. The van der Waals surface area contributed by atoms with Crippen LogP contribution in [0.2, 0.25) is 0 Å². The van der Waals surface area contributed by atoms with E-state index >= 15 is 0 Å². The van der Waals surface area contributed by atoms with Crippen molar-refractivity contribution in [3.8, 4) is 0 Å². The van der Waals surface area contributed by atoms with Gasteiger partial charge in [0.25, 0.3) is 0 Å². The second kappa shape index (κ2) is 4.21. The number of sulfonamides is 1. The van der Waals surface area contributed by atoms with Gasteiger partial charge in [-0.05, 0) is 13.8 Å². The zero-order chi connectivity index (χ0) is 13.4. The van der Waals surface area contributed by atoms with Crippen molar-refractivity contribution in [3.05, 3.63) is 0 Å². The Balaban J connectivity index is 5.22. The van der Waals surface area contributed by atoms with Crippen LogP contribution < -0.4 is 0 Å². The Morgan fingerprint density at radius 3 is 1.94 bits per heavy atom. The van der Waals surface area contributed by atoms with E-state index in [1.165, 1.54) is 0 Å². The first-order valence-corrected chi connectivity index (χ1v) is 5.53. The molecule has 0 aromatic rings. The van der Waals surface area contributed by atoms with Crippen LogP contribution in [0, 0.1) is 0 Å². The molecule has 0 spiro atoms. The minimum absolute atomic E-state index is 0.0219. The predicted octanol–water partition coefficient (Wildman–Crippen LogP) is 1.02. The van der Waals surface area contributed by atoms with Gasteiger partial charge in [-0.1, -0.05) is 0 Å². The molecular formula is C7H12F3NO4S. The molecule has 0 unspecified atom stereocenters. The van der Waals surface area contributed by atoms with Gasteiger partial charge in [0, 0.05) is 12.6 Å². The maximum atomic E-state index is 12.2. The smallest absolute Gasteiger partial charge is 0.481 e. The lowest BCUT2D eigenvalue weighted by Gasteiger charge is -2.33. The van der Waals surface area contributed by atoms with Gasteiger partial charge in [-0.25, -0.2) is 8.42 Å². The van der Waals surface area contributed by atoms with Crippen molar-refractivity contribution < 1.29 is 31.5 Å². The maximum Gasteiger partial charge on any atom is 0.511 e. The molecule has 0 saturated carbocycles. The quantitative estimate of drug-likeness (QED) is 0.821. The Kier molecular flexibility index (Phi) is 3.99. The van der Waals surface area contributed by atoms with Gasteiger partial charge in [0.1, 0.15) is 0 Å². The molecule has 0 aromatic carbocycles. The van der Waals surface area contributed by atoms with Gasteiger partial charge in [-0.3, -0.25) is 4.79 Å². The highest BCUT2D eigenvalue weighted by atomic mass is 32.2. The Labute approximate surface area is 90.9 Å². The number of nitrogens with zero attached hydrogens (tertiary/aromatic N) is 1. The number of hydrogen-bond acceptors (Lipinski definition) is 3. The lowest BCUT2D eigenvalue weighted by atomic mass is 10.0. The summed E-state index contributed by atoms with van der Waals surface area (Å²) in [5, 5.41) is 8.46. The van der Waals surface area contributed by atoms with E-state index in [2.05, 4.69) is 0 Å². The molecule has 0 aliphatic heterocycles. The van der Waals surface area contributed by atoms with Crippen LogP contribution in [-0.4, -0.2) is 41.9 Å². The third kappa shape index (κ3) is 3.08. The first-order valence-electron chi connectivity index (χ1n) is 4.09. The van der Waals surface area contributed by atoms with Crippen molar-refractivity contribution in [2.45, 2.75) is 31.3 Å². The van der Waals surface area contributed by atoms with Crippen molar-refractivity contribution in [1.82, 2.24) is 4.31 Å². The van der Waals surface area contributed by atoms with Crippen molar-refractivity contribution in [3.63, 3.8) is 0 Å². The van der Waals surface area contributed by atoms with Crippen LogP contribution in [0.25, 0.3) is 0 Å². The highest BCUT2D eigenvalue weighted by Gasteiger charge is 2.52. The number of carbonyl (C=O) groups is 1. The molecule has 9 heteroatoms. The highest BCUT2D eigenvalue weighted by molar-refractivity contribution is 7.90. The summed E-state index contributed by atoms with van der Waals surface area (Å²) in [6, 6.07) is 0. The van der Waals surface area contributed by atoms with Gasteiger partial charge in [0.15, 0.2) is 0 Å². The fraction of sp³-hybridized carbons (Fsp3) is 0.857. The van der Waals surface area contributed by atoms with E-state index in [-0.39, 0.29) is 4.31 Å². The molecule has 0 heterocycles. The average Bonchev–Trinajstić information content (AvgIpc) is 1.98. The molecule has 0 bridgehead atoms. The van der Waals surface area contributed by atoms with E-state index in [0.717, 1.165) is 13.8 Å². The van der Waals surface area contributed by atoms with Crippen molar-refractivity contribution in [2.24, 2.45) is 0 Å². The monoisotopic (exact) mass is 263 g/mol. The van der Waals surface area contributed by atoms with E-state index in [4.69, 9.17) is 5.11 Å². The molecular weight excluding hydrogens is 251 g/mol. The molecule has 0 aromatic heterocycles. The Bertz CT molecular complexity index is 374. The molecule has 0 radical (unpaired) electrons. The third-order valence-electron chi connectivity index (χ3n) is 2.09. The topological polar surface area (TPSA) is 74.7 Å². The predicted molar refractivity (Wildman–Crippen MR) is 49.1 cm³/mol. The zero-order valence-electron chi connectivity index (χ0n) is 8.87. The standard InChI is InChI=1S/C7H12F3NO4S/c1-6(2,4-5(12)13)11(3)16(14,15)7(8,9)10/h4H2,1-3H3,(H,12,13). The highest BCUT2D eigenvalue weighted by Crippen LogP contribution is 2.31. The summed E-state index contributed by atoms with van der Waals surface area (Å²) in [6.07, 6.45) is -0.723. The number of rotatable bonds is 4. The molecule has 0 atom stereocenters. The van der Waals surface area contributed by atoms with E-state index in [0.29, 0.717) is 7.05 Å². The van der Waals surface area contributed by atoms with Gasteiger partial charge in [0.05, 0.1) is 6.42 Å². The van der Waals surface area contributed by atoms with E-state index < -0.39 is 33.5 Å². The lowest BCUT2D eigenvalue weighted by Crippen LogP contribution is -2.50. The molecule has 0 amide bonds. The normalized spacial score (nSPS) is 14.2. The number of aliphatic carboxylic acids is 1. The number of hydrogen-bond donors (Lipinski definition) is 1. The summed E-state index contributed by atoms with van der Waals surface area (Å²) in [6.45, 7) is 2.20. The summed E-state index contributed by atoms with van der Waals surface area (Å²) >= 11 is 0. The minimum atomic E-state index is -5.51. The Hall–Kier alpha value is -0.830. The summed E-state index contributed by atoms with van der Waals surface area (Å²) in [7, 11) is -4.81. The Morgan fingerprint density at radius 2 is 1.69 bits per heavy atom. The SMILES string of the molecule is CN(C(C)(C)CC(=O)O)S(=O)(=O)C(F)(F)F. The first-order chi connectivity index (χ1) is 6.82. The van der Waals surface area contributed by atoms with E-state index in [1.54, 1.807) is 0 Å². The number of halogens is 3. The molecule has 0 aliphatic rings. The van der Waals surface area contributed by atoms with Crippen molar-refractivity contribution in [2.75, 3.05) is 7.05 Å². The minimum Gasteiger partial charge on any atom is -0.481 e. The lowest BCUT2D eigenvalue weighted by molar-refractivity contribution is -0.139. The van der Waals surface area contributed by atoms with Gasteiger partial charge < -0.3 is 5.11 Å². The van der Waals surface area contributed by atoms with Gasteiger partial charge in [0.2, 0.25) is 0 Å². The molecule has 0 saturated heterocycles. The summed E-state index contributed by atoms with van der Waals surface area (Å²) in [5.41, 5.74) is -7.09. The van der Waals surface area contributed by atoms with Crippen LogP contribution in [0.3, 0.4) is 0 Å². The van der Waals surface area contributed by atoms with Gasteiger partial charge >= 0.3 is 21.5 Å². The van der Waals surface area contributed by atoms with E-state index in [9.17, 15) is 26.4 Å². The second-order valence-electron chi connectivity index (χ2n) is 3.80. The van der Waals surface area contributed by atoms with Gasteiger partial charge in [-0.2, -0.15) is 17.5 Å². The van der Waals surface area contributed by atoms with Crippen molar-refractivity contribution >= 4 is 16.0 Å². The first kappa shape index (κ1) is 15.2. The van der Waals surface area contributed by atoms with Crippen LogP contribution in [0.1, 0.15) is 20.3 Å². The summed E-state index contributed by atoms with van der Waals surface area (Å²) in [4.78, 5) is 10.4. The molecule has 5 nitrogen and oxygen atoms in total. The molecule has 1 N–H and O–H groups in total. The van der Waals surface area contributed by atoms with Gasteiger partial charge in [-0.15, -0.1) is 0 Å². The second-order valence-corrected chi connectivity index (χ2v) is 5.76. The van der Waals surface area contributed by atoms with E-state index in [1.807, 2.05) is 0 Å². The maximum absolute atomic E-state index is 12.2. The van der Waals surface area contributed by atoms with Crippen molar-refractivity contribution in [1.29, 1.82) is 0 Å². The number of alkyl halides is 3. The summed E-state index contributed by atoms with van der Waals surface area (Å²) in [5.74, 6) is -1.38. The molecule has 96 valence electrons. The van der Waals surface area contributed by atoms with Crippen LogP contribution in [0.5, 0.6) is 0 Å². The Morgan fingerprint density at radius 1 is 1.31 bits per heavy atom. The number of carboxylic acid groups (broad SMARTS) is 1. The third-order valence-corrected chi connectivity index (χ3v) is 3.89. The van der Waals surface area contributed by atoms with Crippen LogP contribution in [0.4, 0.5) is 13.2 Å². The fourth-order valence-electron chi connectivity index (χ4n) is 0.962. The average molecular weight is 263 g/mol. The molecule has 0 rings (SSSR count). The molecule has 0 fully saturated rings. The van der Waals surface area contributed by atoms with Crippen LogP contribution >= 0.6 is 0 Å². The van der Waals surface area contributed by atoms with Crippen LogP contribution in [-0.2, 0) is 14.8 Å². The molecule has 0 aliphatic carbocycles. The molecule has 16 heavy (non-hydrogen) atoms. The zero-order valence-corrected chi connectivity index (χ0v) is 9.68. The summed E-state index contributed by atoms with van der Waals surface area (Å²) < 4.78 is 58.5. The number of carboxylic acids is 1. The van der Waals surface area contributed by atoms with Crippen LogP contribution in [0.15, 0.2) is 0 Å². The largest absolute Gasteiger partial charge is 0.511 e.